The average molecular weight is 411 g/mol. The van der Waals surface area contributed by atoms with Crippen LogP contribution in [0.2, 0.25) is 0 Å². The van der Waals surface area contributed by atoms with E-state index in [9.17, 15) is 0 Å². The monoisotopic (exact) mass is 410 g/mol. The van der Waals surface area contributed by atoms with Crippen LogP contribution in [-0.2, 0) is 13.0 Å². The van der Waals surface area contributed by atoms with Gasteiger partial charge in [0.25, 0.3) is 0 Å². The third kappa shape index (κ3) is 4.14. The van der Waals surface area contributed by atoms with E-state index in [1.54, 1.807) is 6.26 Å². The predicted molar refractivity (Wildman–Crippen MR) is 120 cm³/mol. The second kappa shape index (κ2) is 8.36. The number of nitrogens with zero attached hydrogens (tertiary/aromatic N) is 2. The zero-order chi connectivity index (χ0) is 19.6. The Hall–Kier alpha value is -2.05. The number of anilines is 1. The molecule has 6 rings (SSSR count). The van der Waals surface area contributed by atoms with Crippen molar-refractivity contribution in [2.45, 2.75) is 31.8 Å². The van der Waals surface area contributed by atoms with Crippen LogP contribution in [-0.4, -0.2) is 48.8 Å². The average Bonchev–Trinajstić information content (AvgIpc) is 3.42. The van der Waals surface area contributed by atoms with Gasteiger partial charge in [0.1, 0.15) is 5.76 Å². The Bertz CT molecular complexity index is 839. The number of para-hydroxylation sites is 1. The molecule has 29 heavy (non-hydrogen) atoms. The highest BCUT2D eigenvalue weighted by molar-refractivity contribution is 7.80. The Morgan fingerprint density at radius 2 is 2.07 bits per heavy atom. The Balaban J connectivity index is 1.10. The lowest BCUT2D eigenvalue weighted by Crippen LogP contribution is -2.58. The van der Waals surface area contributed by atoms with Crippen LogP contribution in [0.15, 0.2) is 47.1 Å². The van der Waals surface area contributed by atoms with E-state index in [1.807, 2.05) is 12.1 Å². The Kier molecular flexibility index (Phi) is 5.46. The van der Waals surface area contributed by atoms with E-state index in [2.05, 4.69) is 44.7 Å². The smallest absolute Gasteiger partial charge is 0.166 e. The SMILES string of the molecule is S=C(NCc1ccco1)NC[C@H]1C[C@@H]2CCN1C[C@H]2CN1CCc2ccccc21. The summed E-state index contributed by atoms with van der Waals surface area (Å²) in [5, 5.41) is 7.38. The maximum Gasteiger partial charge on any atom is 0.166 e. The molecule has 5 heterocycles. The Morgan fingerprint density at radius 1 is 1.14 bits per heavy atom. The molecular weight excluding hydrogens is 380 g/mol. The van der Waals surface area contributed by atoms with E-state index < -0.39 is 0 Å². The van der Waals surface area contributed by atoms with Gasteiger partial charge >= 0.3 is 0 Å². The highest BCUT2D eigenvalue weighted by Gasteiger charge is 2.40. The lowest BCUT2D eigenvalue weighted by molar-refractivity contribution is 0.00638. The maximum atomic E-state index is 5.45. The maximum absolute atomic E-state index is 5.45. The van der Waals surface area contributed by atoms with Crippen molar-refractivity contribution in [3.05, 3.63) is 54.0 Å². The highest BCUT2D eigenvalue weighted by Crippen LogP contribution is 2.38. The van der Waals surface area contributed by atoms with E-state index in [4.69, 9.17) is 16.6 Å². The van der Waals surface area contributed by atoms with Gasteiger partial charge in [0.2, 0.25) is 0 Å². The Morgan fingerprint density at radius 3 is 2.90 bits per heavy atom. The summed E-state index contributed by atoms with van der Waals surface area (Å²) in [5.74, 6) is 2.53. The largest absolute Gasteiger partial charge is 0.467 e. The van der Waals surface area contributed by atoms with Crippen LogP contribution in [0.25, 0.3) is 0 Å². The first-order valence-electron chi connectivity index (χ1n) is 10.9. The number of nitrogens with one attached hydrogen (secondary N) is 2. The molecule has 4 atom stereocenters. The zero-order valence-corrected chi connectivity index (χ0v) is 17.7. The minimum Gasteiger partial charge on any atom is -0.467 e. The van der Waals surface area contributed by atoms with Crippen molar-refractivity contribution in [2.75, 3.05) is 37.6 Å². The second-order valence-electron chi connectivity index (χ2n) is 8.66. The van der Waals surface area contributed by atoms with E-state index in [-0.39, 0.29) is 0 Å². The fraction of sp³-hybridized carbons (Fsp3) is 0.522. The summed E-state index contributed by atoms with van der Waals surface area (Å²) in [5.41, 5.74) is 2.99. The first kappa shape index (κ1) is 18.9. The predicted octanol–water partition coefficient (Wildman–Crippen LogP) is 3.02. The number of hydrogen-bond donors (Lipinski definition) is 2. The lowest BCUT2D eigenvalue weighted by Gasteiger charge is -2.51. The molecule has 0 aliphatic carbocycles. The summed E-state index contributed by atoms with van der Waals surface area (Å²) in [4.78, 5) is 5.32. The fourth-order valence-corrected chi connectivity index (χ4v) is 5.56. The molecule has 3 fully saturated rings. The van der Waals surface area contributed by atoms with Crippen LogP contribution < -0.4 is 15.5 Å². The van der Waals surface area contributed by atoms with Gasteiger partial charge in [-0.25, -0.2) is 0 Å². The first-order valence-corrected chi connectivity index (χ1v) is 11.3. The quantitative estimate of drug-likeness (QED) is 0.714. The molecule has 3 saturated heterocycles. The number of hydrogen-bond acceptors (Lipinski definition) is 4. The number of furan rings is 1. The molecule has 2 aromatic rings. The van der Waals surface area contributed by atoms with E-state index in [1.165, 1.54) is 56.7 Å². The molecular formula is C23H30N4OS. The summed E-state index contributed by atoms with van der Waals surface area (Å²) in [7, 11) is 0. The molecule has 0 saturated carbocycles. The van der Waals surface area contributed by atoms with Crippen molar-refractivity contribution in [1.29, 1.82) is 0 Å². The third-order valence-corrected chi connectivity index (χ3v) is 7.24. The summed E-state index contributed by atoms with van der Waals surface area (Å²) < 4.78 is 5.34. The van der Waals surface area contributed by atoms with Crippen LogP contribution in [0, 0.1) is 11.8 Å². The van der Waals surface area contributed by atoms with Gasteiger partial charge in [0.05, 0.1) is 12.8 Å². The summed E-state index contributed by atoms with van der Waals surface area (Å²) in [6.45, 7) is 6.42. The van der Waals surface area contributed by atoms with Crippen molar-refractivity contribution in [3.63, 3.8) is 0 Å². The minimum absolute atomic E-state index is 0.597. The van der Waals surface area contributed by atoms with Gasteiger partial charge in [0.15, 0.2) is 5.11 Å². The van der Waals surface area contributed by atoms with Gasteiger partial charge in [-0.1, -0.05) is 18.2 Å². The summed E-state index contributed by atoms with van der Waals surface area (Å²) in [6, 6.07) is 13.4. The van der Waals surface area contributed by atoms with Crippen molar-refractivity contribution in [1.82, 2.24) is 15.5 Å². The van der Waals surface area contributed by atoms with Gasteiger partial charge in [-0.15, -0.1) is 0 Å². The van der Waals surface area contributed by atoms with Crippen LogP contribution in [0.5, 0.6) is 0 Å². The lowest BCUT2D eigenvalue weighted by atomic mass is 9.75. The molecule has 4 aliphatic rings. The molecule has 4 aliphatic heterocycles. The fourth-order valence-electron chi connectivity index (χ4n) is 5.40. The molecule has 0 radical (unpaired) electrons. The summed E-state index contributed by atoms with van der Waals surface area (Å²) in [6.07, 6.45) is 5.52. The van der Waals surface area contributed by atoms with Gasteiger partial charge in [-0.3, -0.25) is 4.90 Å². The zero-order valence-electron chi connectivity index (χ0n) is 16.8. The van der Waals surface area contributed by atoms with E-state index in [0.717, 1.165) is 24.1 Å². The second-order valence-corrected chi connectivity index (χ2v) is 9.07. The van der Waals surface area contributed by atoms with E-state index in [0.29, 0.717) is 17.7 Å². The summed E-state index contributed by atoms with van der Waals surface area (Å²) >= 11 is 5.45. The number of fused-ring (bicyclic) bond motifs is 4. The molecule has 1 unspecified atom stereocenters. The minimum atomic E-state index is 0.597. The van der Waals surface area contributed by atoms with Crippen molar-refractivity contribution >= 4 is 23.0 Å². The topological polar surface area (TPSA) is 43.7 Å². The molecule has 2 N–H and O–H groups in total. The van der Waals surface area contributed by atoms with Crippen molar-refractivity contribution in [2.24, 2.45) is 11.8 Å². The van der Waals surface area contributed by atoms with Gasteiger partial charge < -0.3 is 20.0 Å². The van der Waals surface area contributed by atoms with Gasteiger partial charge in [-0.2, -0.15) is 0 Å². The molecule has 154 valence electrons. The van der Waals surface area contributed by atoms with Crippen molar-refractivity contribution in [3.8, 4) is 0 Å². The van der Waals surface area contributed by atoms with E-state index >= 15 is 0 Å². The number of rotatable bonds is 6. The number of piperidine rings is 3. The van der Waals surface area contributed by atoms with Crippen LogP contribution in [0.3, 0.4) is 0 Å². The highest BCUT2D eigenvalue weighted by atomic mass is 32.1. The van der Waals surface area contributed by atoms with Crippen LogP contribution in [0.4, 0.5) is 5.69 Å². The normalized spacial score (nSPS) is 27.7. The molecule has 1 aromatic heterocycles. The standard InChI is InChI=1S/C23H30N4OS/c29-23(25-14-21-5-3-11-28-21)24-13-20-12-18-8-9-26(20)15-19(18)16-27-10-7-17-4-1-2-6-22(17)27/h1-6,11,18-20H,7-10,12-16H2,(H2,24,25,29)/t18-,19-,20+/m0/s1. The van der Waals surface area contributed by atoms with Crippen LogP contribution >= 0.6 is 12.2 Å². The number of benzene rings is 1. The molecule has 1 aromatic carbocycles. The van der Waals surface area contributed by atoms with Crippen molar-refractivity contribution < 1.29 is 4.42 Å². The van der Waals surface area contributed by atoms with Gasteiger partial charge in [-0.05, 0) is 73.6 Å². The third-order valence-electron chi connectivity index (χ3n) is 6.95. The van der Waals surface area contributed by atoms with Crippen LogP contribution in [0.1, 0.15) is 24.2 Å². The number of thiocarbonyl (C=S) groups is 1. The molecule has 2 bridgehead atoms. The molecule has 0 amide bonds. The van der Waals surface area contributed by atoms with Gasteiger partial charge in [0, 0.05) is 37.9 Å². The first-order chi connectivity index (χ1) is 14.3. The molecule has 0 spiro atoms. The molecule has 6 heteroatoms. The molecule has 5 nitrogen and oxygen atoms in total. The Labute approximate surface area is 178 Å².